The Morgan fingerprint density at radius 3 is 2.84 bits per heavy atom. The Morgan fingerprint density at radius 2 is 2.16 bits per heavy atom. The molecule has 1 atom stereocenters. The lowest BCUT2D eigenvalue weighted by atomic mass is 10.2. The summed E-state index contributed by atoms with van der Waals surface area (Å²) in [6.07, 6.45) is 1.14. The van der Waals surface area contributed by atoms with Gasteiger partial charge in [-0.1, -0.05) is 12.1 Å². The summed E-state index contributed by atoms with van der Waals surface area (Å²) in [5.41, 5.74) is 6.97. The van der Waals surface area contributed by atoms with E-state index in [9.17, 15) is 4.79 Å². The summed E-state index contributed by atoms with van der Waals surface area (Å²) < 4.78 is 10.4. The number of ether oxygens (including phenoxy) is 2. The molecule has 106 valence electrons. The number of nitrogen functional groups attached to an aromatic ring is 1. The molecular weight excluding hydrogens is 244 g/mol. The highest BCUT2D eigenvalue weighted by atomic mass is 16.5. The SMILES string of the molecule is COCC(C)OCCCC(=O)Nc1ccccc1N. The first kappa shape index (κ1) is 15.5. The van der Waals surface area contributed by atoms with Gasteiger partial charge < -0.3 is 20.5 Å². The van der Waals surface area contributed by atoms with Gasteiger partial charge in [0.2, 0.25) is 5.91 Å². The van der Waals surface area contributed by atoms with Gasteiger partial charge in [-0.25, -0.2) is 0 Å². The van der Waals surface area contributed by atoms with Crippen molar-refractivity contribution in [2.75, 3.05) is 31.4 Å². The molecule has 1 aromatic rings. The number of hydrogen-bond acceptors (Lipinski definition) is 4. The molecule has 1 unspecified atom stereocenters. The summed E-state index contributed by atoms with van der Waals surface area (Å²) >= 11 is 0. The summed E-state index contributed by atoms with van der Waals surface area (Å²) in [5.74, 6) is -0.0547. The lowest BCUT2D eigenvalue weighted by Gasteiger charge is -2.12. The number of methoxy groups -OCH3 is 1. The minimum absolute atomic E-state index is 0.0535. The highest BCUT2D eigenvalue weighted by molar-refractivity contribution is 5.93. The fourth-order valence-corrected chi connectivity index (χ4v) is 1.62. The number of carbonyl (C=O) groups is 1. The summed E-state index contributed by atoms with van der Waals surface area (Å²) in [4.78, 5) is 11.7. The molecule has 0 heterocycles. The summed E-state index contributed by atoms with van der Waals surface area (Å²) in [5, 5.41) is 2.78. The molecule has 3 N–H and O–H groups in total. The summed E-state index contributed by atoms with van der Waals surface area (Å²) in [7, 11) is 1.64. The first-order chi connectivity index (χ1) is 9.13. The van der Waals surface area contributed by atoms with Gasteiger partial charge in [0.15, 0.2) is 0 Å². The molecule has 0 fully saturated rings. The highest BCUT2D eigenvalue weighted by Gasteiger charge is 2.05. The monoisotopic (exact) mass is 266 g/mol. The average molecular weight is 266 g/mol. The number of hydrogen-bond donors (Lipinski definition) is 2. The zero-order valence-electron chi connectivity index (χ0n) is 11.5. The molecule has 0 aliphatic heterocycles. The van der Waals surface area contributed by atoms with Gasteiger partial charge in [0.25, 0.3) is 0 Å². The maximum absolute atomic E-state index is 11.7. The molecular formula is C14H22N2O3. The van der Waals surface area contributed by atoms with Crippen LogP contribution in [0.15, 0.2) is 24.3 Å². The predicted octanol–water partition coefficient (Wildman–Crippen LogP) is 2.04. The van der Waals surface area contributed by atoms with Crippen LogP contribution in [0.3, 0.4) is 0 Å². The van der Waals surface area contributed by atoms with Crippen LogP contribution in [0.4, 0.5) is 11.4 Å². The molecule has 19 heavy (non-hydrogen) atoms. The van der Waals surface area contributed by atoms with Crippen molar-refractivity contribution in [1.29, 1.82) is 0 Å². The Balaban J connectivity index is 2.20. The normalized spacial score (nSPS) is 12.1. The molecule has 0 saturated heterocycles. The van der Waals surface area contributed by atoms with Crippen molar-refractivity contribution in [2.45, 2.75) is 25.9 Å². The Labute approximate surface area is 114 Å². The predicted molar refractivity (Wildman–Crippen MR) is 76.0 cm³/mol. The van der Waals surface area contributed by atoms with Crippen LogP contribution < -0.4 is 11.1 Å². The molecule has 0 spiro atoms. The van der Waals surface area contributed by atoms with E-state index in [0.29, 0.717) is 37.4 Å². The minimum atomic E-state index is -0.0547. The fourth-order valence-electron chi connectivity index (χ4n) is 1.62. The maximum Gasteiger partial charge on any atom is 0.224 e. The summed E-state index contributed by atoms with van der Waals surface area (Å²) in [6, 6.07) is 7.20. The Bertz CT molecular complexity index is 396. The standard InChI is InChI=1S/C14H22N2O3/c1-11(10-18-2)19-9-5-8-14(17)16-13-7-4-3-6-12(13)15/h3-4,6-7,11H,5,8-10,15H2,1-2H3,(H,16,17). The third-order valence-corrected chi connectivity index (χ3v) is 2.59. The lowest BCUT2D eigenvalue weighted by molar-refractivity contribution is -0.116. The Kier molecular flexibility index (Phi) is 6.92. The van der Waals surface area contributed by atoms with Crippen LogP contribution in [0.2, 0.25) is 0 Å². The van der Waals surface area contributed by atoms with Gasteiger partial charge in [-0.3, -0.25) is 4.79 Å². The Morgan fingerprint density at radius 1 is 1.42 bits per heavy atom. The quantitative estimate of drug-likeness (QED) is 0.558. The van der Waals surface area contributed by atoms with Crippen LogP contribution in [0.5, 0.6) is 0 Å². The Hall–Kier alpha value is -1.59. The zero-order chi connectivity index (χ0) is 14.1. The van der Waals surface area contributed by atoms with Crippen molar-refractivity contribution >= 4 is 17.3 Å². The molecule has 0 aliphatic carbocycles. The molecule has 0 aromatic heterocycles. The van der Waals surface area contributed by atoms with Crippen molar-refractivity contribution in [3.8, 4) is 0 Å². The van der Waals surface area contributed by atoms with Crippen molar-refractivity contribution in [2.24, 2.45) is 0 Å². The van der Waals surface area contributed by atoms with E-state index < -0.39 is 0 Å². The van der Waals surface area contributed by atoms with Crippen molar-refractivity contribution in [1.82, 2.24) is 0 Å². The third-order valence-electron chi connectivity index (χ3n) is 2.59. The van der Waals surface area contributed by atoms with E-state index in [-0.39, 0.29) is 12.0 Å². The van der Waals surface area contributed by atoms with E-state index in [2.05, 4.69) is 5.32 Å². The molecule has 0 radical (unpaired) electrons. The molecule has 5 heteroatoms. The number of para-hydroxylation sites is 2. The van der Waals surface area contributed by atoms with Gasteiger partial charge in [-0.15, -0.1) is 0 Å². The molecule has 0 bridgehead atoms. The fraction of sp³-hybridized carbons (Fsp3) is 0.500. The molecule has 1 rings (SSSR count). The van der Waals surface area contributed by atoms with Crippen LogP contribution in [-0.4, -0.2) is 32.3 Å². The zero-order valence-corrected chi connectivity index (χ0v) is 11.5. The summed E-state index contributed by atoms with van der Waals surface area (Å²) in [6.45, 7) is 3.04. The minimum Gasteiger partial charge on any atom is -0.397 e. The second-order valence-electron chi connectivity index (χ2n) is 4.38. The number of rotatable bonds is 8. The molecule has 0 saturated carbocycles. The first-order valence-electron chi connectivity index (χ1n) is 6.38. The molecule has 1 aromatic carbocycles. The van der Waals surface area contributed by atoms with Crippen molar-refractivity contribution < 1.29 is 14.3 Å². The van der Waals surface area contributed by atoms with Crippen molar-refractivity contribution in [3.05, 3.63) is 24.3 Å². The number of anilines is 2. The second-order valence-corrected chi connectivity index (χ2v) is 4.38. The maximum atomic E-state index is 11.7. The van der Waals surface area contributed by atoms with E-state index in [0.717, 1.165) is 0 Å². The van der Waals surface area contributed by atoms with Gasteiger partial charge in [0, 0.05) is 20.1 Å². The van der Waals surface area contributed by atoms with E-state index in [4.69, 9.17) is 15.2 Å². The van der Waals surface area contributed by atoms with E-state index in [1.54, 1.807) is 19.2 Å². The second kappa shape index (κ2) is 8.50. The van der Waals surface area contributed by atoms with Crippen LogP contribution in [0, 0.1) is 0 Å². The number of carbonyl (C=O) groups excluding carboxylic acids is 1. The smallest absolute Gasteiger partial charge is 0.224 e. The van der Waals surface area contributed by atoms with Crippen LogP contribution in [-0.2, 0) is 14.3 Å². The van der Waals surface area contributed by atoms with Gasteiger partial charge in [-0.05, 0) is 25.5 Å². The largest absolute Gasteiger partial charge is 0.397 e. The number of benzene rings is 1. The first-order valence-corrected chi connectivity index (χ1v) is 6.38. The topological polar surface area (TPSA) is 73.6 Å². The van der Waals surface area contributed by atoms with E-state index >= 15 is 0 Å². The van der Waals surface area contributed by atoms with Crippen LogP contribution in [0.25, 0.3) is 0 Å². The number of nitrogens with one attached hydrogen (secondary N) is 1. The molecule has 1 amide bonds. The molecule has 5 nitrogen and oxygen atoms in total. The van der Waals surface area contributed by atoms with Gasteiger partial charge in [0.05, 0.1) is 24.1 Å². The number of amides is 1. The van der Waals surface area contributed by atoms with Crippen LogP contribution in [0.1, 0.15) is 19.8 Å². The number of nitrogens with two attached hydrogens (primary N) is 1. The van der Waals surface area contributed by atoms with Crippen LogP contribution >= 0.6 is 0 Å². The van der Waals surface area contributed by atoms with Gasteiger partial charge in [0.1, 0.15) is 0 Å². The van der Waals surface area contributed by atoms with Gasteiger partial charge in [-0.2, -0.15) is 0 Å². The third kappa shape index (κ3) is 6.22. The molecule has 0 aliphatic rings. The van der Waals surface area contributed by atoms with E-state index in [1.165, 1.54) is 0 Å². The highest BCUT2D eigenvalue weighted by Crippen LogP contribution is 2.16. The van der Waals surface area contributed by atoms with Crippen molar-refractivity contribution in [3.63, 3.8) is 0 Å². The lowest BCUT2D eigenvalue weighted by Crippen LogP contribution is -2.17. The average Bonchev–Trinajstić information content (AvgIpc) is 2.38. The van der Waals surface area contributed by atoms with Gasteiger partial charge >= 0.3 is 0 Å². The van der Waals surface area contributed by atoms with E-state index in [1.807, 2.05) is 19.1 Å².